The van der Waals surface area contributed by atoms with Gasteiger partial charge in [-0.2, -0.15) is 0 Å². The maximum Gasteiger partial charge on any atom is 0.143 e. The summed E-state index contributed by atoms with van der Waals surface area (Å²) in [6.45, 7) is 0. The van der Waals surface area contributed by atoms with Crippen LogP contribution in [0.5, 0.6) is 5.75 Å². The van der Waals surface area contributed by atoms with E-state index in [1.54, 1.807) is 0 Å². The Hall–Kier alpha value is -7.36. The number of hydrogen-bond donors (Lipinski definition) is 0. The van der Waals surface area contributed by atoms with Crippen molar-refractivity contribution in [1.29, 1.82) is 0 Å². The van der Waals surface area contributed by atoms with Gasteiger partial charge in [0, 0.05) is 44.9 Å². The molecule has 2 atom stereocenters. The van der Waals surface area contributed by atoms with E-state index in [9.17, 15) is 0 Å². The Morgan fingerprint density at radius 1 is 0.421 bits per heavy atom. The molecule has 0 spiro atoms. The first-order valence-electron chi connectivity index (χ1n) is 19.6. The molecule has 270 valence electrons. The summed E-state index contributed by atoms with van der Waals surface area (Å²) >= 11 is 0. The van der Waals surface area contributed by atoms with E-state index in [0.29, 0.717) is 0 Å². The van der Waals surface area contributed by atoms with Gasteiger partial charge in [0.2, 0.25) is 0 Å². The van der Waals surface area contributed by atoms with E-state index in [2.05, 4.69) is 199 Å². The van der Waals surface area contributed by atoms with Crippen LogP contribution in [0.2, 0.25) is 0 Å². The van der Waals surface area contributed by atoms with Crippen molar-refractivity contribution in [3.63, 3.8) is 0 Å². The number of hydrogen-bond acceptors (Lipinski definition) is 3. The van der Waals surface area contributed by atoms with E-state index in [1.165, 1.54) is 39.0 Å². The van der Waals surface area contributed by atoms with Crippen LogP contribution < -0.4 is 9.64 Å². The lowest BCUT2D eigenvalue weighted by molar-refractivity contribution is 0.269. The van der Waals surface area contributed by atoms with Crippen LogP contribution in [0.4, 0.5) is 17.1 Å². The predicted molar refractivity (Wildman–Crippen MR) is 235 cm³/mol. The monoisotopic (exact) mass is 731 g/mol. The molecule has 1 aromatic heterocycles. The zero-order valence-electron chi connectivity index (χ0n) is 31.1. The van der Waals surface area contributed by atoms with Crippen LogP contribution in [0.3, 0.4) is 0 Å². The summed E-state index contributed by atoms with van der Waals surface area (Å²) in [4.78, 5) is 2.33. The molecule has 0 saturated carbocycles. The molecule has 2 unspecified atom stereocenters. The van der Waals surface area contributed by atoms with Gasteiger partial charge in [0.25, 0.3) is 0 Å². The number of benzene rings is 8. The van der Waals surface area contributed by atoms with Gasteiger partial charge >= 0.3 is 0 Å². The lowest BCUT2D eigenvalue weighted by Gasteiger charge is -2.26. The molecule has 11 rings (SSSR count). The van der Waals surface area contributed by atoms with Crippen molar-refractivity contribution in [3.8, 4) is 39.1 Å². The molecule has 0 bridgehead atoms. The molecule has 0 radical (unpaired) electrons. The molecule has 1 aliphatic carbocycles. The Bertz CT molecular complexity index is 2960. The standard InChI is InChI=1S/C54H37NO2/c1-2-9-36(10-3-1)37-17-19-38(20-18-37)39-21-28-43(29-22-39)55(44-30-23-40(24-31-44)42-27-34-53-50(35-42)48-12-5-6-15-51(48)56-53)45-32-25-41(26-33-45)46-13-8-14-49-47-11-4-7-16-52(47)57-54(46)49/h1-35,50,53H. The quantitative estimate of drug-likeness (QED) is 0.163. The average Bonchev–Trinajstić information content (AvgIpc) is 3.86. The van der Waals surface area contributed by atoms with Crippen molar-refractivity contribution >= 4 is 44.6 Å². The second-order valence-corrected chi connectivity index (χ2v) is 14.8. The van der Waals surface area contributed by atoms with Crippen LogP contribution in [-0.2, 0) is 0 Å². The molecule has 9 aromatic rings. The van der Waals surface area contributed by atoms with E-state index in [-0.39, 0.29) is 12.0 Å². The van der Waals surface area contributed by atoms with Gasteiger partial charge in [0.05, 0.1) is 0 Å². The number of rotatable bonds is 7. The fraction of sp³-hybridized carbons (Fsp3) is 0.0370. The molecule has 57 heavy (non-hydrogen) atoms. The van der Waals surface area contributed by atoms with Crippen LogP contribution in [0.1, 0.15) is 17.0 Å². The second-order valence-electron chi connectivity index (χ2n) is 14.8. The number of anilines is 3. The minimum absolute atomic E-state index is 0.0486. The number of fused-ring (bicyclic) bond motifs is 6. The van der Waals surface area contributed by atoms with E-state index in [4.69, 9.17) is 9.15 Å². The third-order valence-electron chi connectivity index (χ3n) is 11.5. The molecular weight excluding hydrogens is 695 g/mol. The maximum absolute atomic E-state index is 6.41. The second kappa shape index (κ2) is 13.7. The summed E-state index contributed by atoms with van der Waals surface area (Å²) in [5.41, 5.74) is 15.7. The average molecular weight is 732 g/mol. The largest absolute Gasteiger partial charge is 0.485 e. The smallest absolute Gasteiger partial charge is 0.143 e. The Morgan fingerprint density at radius 2 is 0.965 bits per heavy atom. The lowest BCUT2D eigenvalue weighted by Crippen LogP contribution is -2.17. The molecule has 0 saturated heterocycles. The topological polar surface area (TPSA) is 25.6 Å². The molecule has 3 nitrogen and oxygen atoms in total. The number of furan rings is 1. The number of allylic oxidation sites excluding steroid dienone is 2. The van der Waals surface area contributed by atoms with Crippen molar-refractivity contribution in [1.82, 2.24) is 0 Å². The summed E-state index contributed by atoms with van der Waals surface area (Å²) in [6, 6.07) is 69.1. The van der Waals surface area contributed by atoms with Crippen LogP contribution >= 0.6 is 0 Å². The van der Waals surface area contributed by atoms with E-state index in [0.717, 1.165) is 55.9 Å². The number of para-hydroxylation sites is 3. The van der Waals surface area contributed by atoms with Gasteiger partial charge < -0.3 is 14.1 Å². The van der Waals surface area contributed by atoms with Crippen LogP contribution in [0, 0.1) is 0 Å². The third-order valence-corrected chi connectivity index (χ3v) is 11.5. The fourth-order valence-corrected chi connectivity index (χ4v) is 8.55. The normalized spacial score (nSPS) is 15.5. The molecule has 2 heterocycles. The summed E-state index contributed by atoms with van der Waals surface area (Å²) in [5, 5.41) is 2.27. The zero-order valence-corrected chi connectivity index (χ0v) is 31.1. The third kappa shape index (κ3) is 5.92. The first-order chi connectivity index (χ1) is 28.2. The van der Waals surface area contributed by atoms with E-state index < -0.39 is 0 Å². The number of ether oxygens (including phenoxy) is 1. The summed E-state index contributed by atoms with van der Waals surface area (Å²) in [7, 11) is 0. The van der Waals surface area contributed by atoms with Gasteiger partial charge in [0.15, 0.2) is 0 Å². The van der Waals surface area contributed by atoms with Crippen LogP contribution in [-0.4, -0.2) is 6.10 Å². The summed E-state index contributed by atoms with van der Waals surface area (Å²) < 4.78 is 12.6. The molecule has 3 heteroatoms. The molecule has 1 aliphatic heterocycles. The van der Waals surface area contributed by atoms with E-state index >= 15 is 0 Å². The Balaban J connectivity index is 0.942. The predicted octanol–water partition coefficient (Wildman–Crippen LogP) is 14.6. The molecule has 2 aliphatic rings. The number of nitrogens with zero attached hydrogens (tertiary/aromatic N) is 1. The summed E-state index contributed by atoms with van der Waals surface area (Å²) in [5.74, 6) is 1.20. The molecule has 0 amide bonds. The van der Waals surface area contributed by atoms with Gasteiger partial charge in [-0.1, -0.05) is 158 Å². The fourth-order valence-electron chi connectivity index (χ4n) is 8.55. The lowest BCUT2D eigenvalue weighted by atomic mass is 9.87. The van der Waals surface area contributed by atoms with Gasteiger partial charge in [-0.3, -0.25) is 0 Å². The van der Waals surface area contributed by atoms with Gasteiger partial charge in [-0.15, -0.1) is 0 Å². The molecular formula is C54H37NO2. The first kappa shape index (κ1) is 33.0. The Labute approximate surface area is 332 Å². The highest BCUT2D eigenvalue weighted by atomic mass is 16.5. The highest BCUT2D eigenvalue weighted by molar-refractivity contribution is 6.09. The zero-order chi connectivity index (χ0) is 37.7. The van der Waals surface area contributed by atoms with Crippen molar-refractivity contribution in [2.45, 2.75) is 12.0 Å². The van der Waals surface area contributed by atoms with Crippen molar-refractivity contribution in [3.05, 3.63) is 223 Å². The minimum atomic E-state index is 0.0486. The van der Waals surface area contributed by atoms with Crippen molar-refractivity contribution in [2.75, 3.05) is 4.90 Å². The van der Waals surface area contributed by atoms with Gasteiger partial charge in [0.1, 0.15) is 23.0 Å². The first-order valence-corrected chi connectivity index (χ1v) is 19.6. The molecule has 0 N–H and O–H groups in total. The minimum Gasteiger partial charge on any atom is -0.485 e. The van der Waals surface area contributed by atoms with Gasteiger partial charge in [-0.05, 0) is 93.6 Å². The Kier molecular flexibility index (Phi) is 7.96. The highest BCUT2D eigenvalue weighted by Crippen LogP contribution is 2.44. The van der Waals surface area contributed by atoms with Crippen molar-refractivity contribution < 1.29 is 9.15 Å². The van der Waals surface area contributed by atoms with Crippen molar-refractivity contribution in [2.24, 2.45) is 0 Å². The SMILES string of the molecule is C1=CC2Oc3ccccc3C2C=C1c1ccc(N(c2ccc(-c3ccc(-c4ccccc4)cc3)cc2)c2ccc(-c3cccc4c3oc3ccccc34)cc2)cc1. The molecule has 0 fully saturated rings. The Morgan fingerprint density at radius 3 is 1.67 bits per heavy atom. The van der Waals surface area contributed by atoms with Crippen LogP contribution in [0.15, 0.2) is 217 Å². The molecule has 8 aromatic carbocycles. The summed E-state index contributed by atoms with van der Waals surface area (Å²) in [6.07, 6.45) is 6.80. The maximum atomic E-state index is 6.41. The highest BCUT2D eigenvalue weighted by Gasteiger charge is 2.33. The van der Waals surface area contributed by atoms with Crippen LogP contribution in [0.25, 0.3) is 60.9 Å². The van der Waals surface area contributed by atoms with Gasteiger partial charge in [-0.25, -0.2) is 0 Å². The van der Waals surface area contributed by atoms with E-state index in [1.807, 2.05) is 18.2 Å².